The highest BCUT2D eigenvalue weighted by Gasteiger charge is 2.35. The molecule has 5 nitrogen and oxygen atoms in total. The summed E-state index contributed by atoms with van der Waals surface area (Å²) in [5, 5.41) is 0. The average molecular weight is 386 g/mol. The number of pyridine rings is 1. The summed E-state index contributed by atoms with van der Waals surface area (Å²) in [4.78, 5) is 4.05. The van der Waals surface area contributed by atoms with Crippen LogP contribution in [0.3, 0.4) is 0 Å². The molecule has 0 radical (unpaired) electrons. The Labute approximate surface area is 149 Å². The third-order valence-corrected chi connectivity index (χ3v) is 5.96. The van der Waals surface area contributed by atoms with E-state index < -0.39 is 21.8 Å². The van der Waals surface area contributed by atoms with Gasteiger partial charge in [0.25, 0.3) is 0 Å². The number of benzene rings is 1. The van der Waals surface area contributed by atoms with E-state index in [1.54, 1.807) is 12.1 Å². The van der Waals surface area contributed by atoms with Crippen molar-refractivity contribution in [1.82, 2.24) is 9.29 Å². The Morgan fingerprint density at radius 2 is 1.85 bits per heavy atom. The third kappa shape index (κ3) is 3.99. The highest BCUT2D eigenvalue weighted by Crippen LogP contribution is 2.31. The maximum atomic E-state index is 12.6. The van der Waals surface area contributed by atoms with Crippen molar-refractivity contribution in [3.63, 3.8) is 0 Å². The first-order valence-corrected chi connectivity index (χ1v) is 9.38. The van der Waals surface area contributed by atoms with Crippen molar-refractivity contribution in [2.75, 3.05) is 13.1 Å². The van der Waals surface area contributed by atoms with E-state index in [4.69, 9.17) is 4.74 Å². The lowest BCUT2D eigenvalue weighted by Crippen LogP contribution is -2.31. The van der Waals surface area contributed by atoms with Gasteiger partial charge in [0.05, 0.1) is 17.0 Å². The smallest absolute Gasteiger partial charge is 0.416 e. The second kappa shape index (κ2) is 6.88. The van der Waals surface area contributed by atoms with E-state index in [1.165, 1.54) is 4.31 Å². The van der Waals surface area contributed by atoms with Crippen LogP contribution >= 0.6 is 0 Å². The normalized spacial score (nSPS) is 18.8. The quantitative estimate of drug-likeness (QED) is 0.809. The largest absolute Gasteiger partial charge is 0.473 e. The van der Waals surface area contributed by atoms with E-state index >= 15 is 0 Å². The number of hydrogen-bond donors (Lipinski definition) is 0. The van der Waals surface area contributed by atoms with Gasteiger partial charge in [-0.25, -0.2) is 13.4 Å². The second-order valence-electron chi connectivity index (χ2n) is 6.03. The standard InChI is InChI=1S/C17H17F3N2O3S/c1-12-3-2-4-16(21-12)25-14-9-10-22(11-14)26(23,24)15-7-5-13(6-8-15)17(18,19)20/h2-8,14H,9-11H2,1H3. The molecule has 2 aromatic rings. The number of ether oxygens (including phenoxy) is 1. The summed E-state index contributed by atoms with van der Waals surface area (Å²) in [6.45, 7) is 2.18. The molecule has 1 saturated heterocycles. The van der Waals surface area contributed by atoms with Crippen LogP contribution in [0.15, 0.2) is 47.4 Å². The number of hydrogen-bond acceptors (Lipinski definition) is 4. The maximum Gasteiger partial charge on any atom is 0.416 e. The average Bonchev–Trinajstić information content (AvgIpc) is 3.03. The minimum atomic E-state index is -4.50. The van der Waals surface area contributed by atoms with Crippen molar-refractivity contribution in [1.29, 1.82) is 0 Å². The molecule has 0 N–H and O–H groups in total. The molecule has 2 heterocycles. The molecule has 140 valence electrons. The van der Waals surface area contributed by atoms with E-state index in [0.29, 0.717) is 12.3 Å². The van der Waals surface area contributed by atoms with Gasteiger partial charge in [0, 0.05) is 18.3 Å². The Bertz CT molecular complexity index is 883. The SMILES string of the molecule is Cc1cccc(OC2CCN(S(=O)(=O)c3ccc(C(F)(F)F)cc3)C2)n1. The first-order valence-electron chi connectivity index (χ1n) is 7.94. The summed E-state index contributed by atoms with van der Waals surface area (Å²) >= 11 is 0. The van der Waals surface area contributed by atoms with Crippen molar-refractivity contribution < 1.29 is 26.3 Å². The van der Waals surface area contributed by atoms with Crippen LogP contribution in [0, 0.1) is 6.92 Å². The van der Waals surface area contributed by atoms with Crippen molar-refractivity contribution in [3.05, 3.63) is 53.7 Å². The van der Waals surface area contributed by atoms with E-state index in [-0.39, 0.29) is 24.1 Å². The number of aryl methyl sites for hydroxylation is 1. The molecule has 1 aliphatic rings. The van der Waals surface area contributed by atoms with Crippen molar-refractivity contribution in [2.45, 2.75) is 30.5 Å². The molecule has 3 rings (SSSR count). The van der Waals surface area contributed by atoms with Gasteiger partial charge in [-0.2, -0.15) is 17.5 Å². The summed E-state index contributed by atoms with van der Waals surface area (Å²) in [5.41, 5.74) is -0.0978. The zero-order valence-electron chi connectivity index (χ0n) is 13.9. The van der Waals surface area contributed by atoms with E-state index in [2.05, 4.69) is 4.98 Å². The van der Waals surface area contributed by atoms with E-state index in [0.717, 1.165) is 30.0 Å². The molecule has 0 aliphatic carbocycles. The summed E-state index contributed by atoms with van der Waals surface area (Å²) in [5.74, 6) is 0.420. The molecular formula is C17H17F3N2O3S. The van der Waals surface area contributed by atoms with Crippen molar-refractivity contribution in [3.8, 4) is 5.88 Å². The van der Waals surface area contributed by atoms with Gasteiger partial charge in [0.2, 0.25) is 15.9 Å². The predicted octanol–water partition coefficient (Wildman–Crippen LogP) is 3.25. The van der Waals surface area contributed by atoms with E-state index in [9.17, 15) is 21.6 Å². The van der Waals surface area contributed by atoms with Crippen molar-refractivity contribution >= 4 is 10.0 Å². The monoisotopic (exact) mass is 386 g/mol. The number of halogens is 3. The summed E-state index contributed by atoms with van der Waals surface area (Å²) in [6, 6.07) is 8.82. The Morgan fingerprint density at radius 3 is 2.46 bits per heavy atom. The van der Waals surface area contributed by atoms with Crippen LogP contribution in [0.4, 0.5) is 13.2 Å². The molecule has 1 atom stereocenters. The fraction of sp³-hybridized carbons (Fsp3) is 0.353. The van der Waals surface area contributed by atoms with Crippen LogP contribution in [0.25, 0.3) is 0 Å². The van der Waals surface area contributed by atoms with Gasteiger partial charge in [-0.3, -0.25) is 0 Å². The topological polar surface area (TPSA) is 59.5 Å². The van der Waals surface area contributed by atoms with Crippen molar-refractivity contribution in [2.24, 2.45) is 0 Å². The highest BCUT2D eigenvalue weighted by atomic mass is 32.2. The number of nitrogens with zero attached hydrogens (tertiary/aromatic N) is 2. The molecule has 0 bridgehead atoms. The van der Waals surface area contributed by atoms with E-state index in [1.807, 2.05) is 13.0 Å². The molecule has 9 heteroatoms. The molecule has 1 fully saturated rings. The first kappa shape index (κ1) is 18.7. The van der Waals surface area contributed by atoms with Gasteiger partial charge in [-0.05, 0) is 43.7 Å². The minimum absolute atomic E-state index is 0.124. The first-order chi connectivity index (χ1) is 12.2. The second-order valence-corrected chi connectivity index (χ2v) is 7.97. The lowest BCUT2D eigenvalue weighted by atomic mass is 10.2. The van der Waals surface area contributed by atoms with Crippen LogP contribution in [-0.2, 0) is 16.2 Å². The Hall–Kier alpha value is -2.13. The molecule has 0 amide bonds. The fourth-order valence-electron chi connectivity index (χ4n) is 2.73. The lowest BCUT2D eigenvalue weighted by molar-refractivity contribution is -0.137. The molecule has 1 aromatic heterocycles. The zero-order chi connectivity index (χ0) is 18.9. The van der Waals surface area contributed by atoms with Gasteiger partial charge in [-0.1, -0.05) is 6.07 Å². The van der Waals surface area contributed by atoms with Crippen LogP contribution < -0.4 is 4.74 Å². The molecule has 0 saturated carbocycles. The number of aromatic nitrogens is 1. The zero-order valence-corrected chi connectivity index (χ0v) is 14.7. The molecular weight excluding hydrogens is 369 g/mol. The summed E-state index contributed by atoms with van der Waals surface area (Å²) < 4.78 is 70.0. The molecule has 1 unspecified atom stereocenters. The summed E-state index contributed by atoms with van der Waals surface area (Å²) in [6.07, 6.45) is -4.38. The highest BCUT2D eigenvalue weighted by molar-refractivity contribution is 7.89. The molecule has 1 aliphatic heterocycles. The van der Waals surface area contributed by atoms with Gasteiger partial charge in [0.15, 0.2) is 0 Å². The fourth-order valence-corrected chi connectivity index (χ4v) is 4.22. The minimum Gasteiger partial charge on any atom is -0.473 e. The van der Waals surface area contributed by atoms with Crippen LogP contribution in [-0.4, -0.2) is 36.9 Å². The van der Waals surface area contributed by atoms with Crippen LogP contribution in [0.1, 0.15) is 17.7 Å². The van der Waals surface area contributed by atoms with Gasteiger partial charge in [0.1, 0.15) is 6.10 Å². The molecule has 26 heavy (non-hydrogen) atoms. The Kier molecular flexibility index (Phi) is 4.94. The van der Waals surface area contributed by atoms with Gasteiger partial charge in [-0.15, -0.1) is 0 Å². The van der Waals surface area contributed by atoms with Gasteiger partial charge >= 0.3 is 6.18 Å². The van der Waals surface area contributed by atoms with Crippen LogP contribution in [0.2, 0.25) is 0 Å². The number of sulfonamides is 1. The Morgan fingerprint density at radius 1 is 1.15 bits per heavy atom. The number of alkyl halides is 3. The molecule has 1 aromatic carbocycles. The lowest BCUT2D eigenvalue weighted by Gasteiger charge is -2.17. The van der Waals surface area contributed by atoms with Gasteiger partial charge < -0.3 is 4.74 Å². The number of rotatable bonds is 4. The summed E-state index contributed by atoms with van der Waals surface area (Å²) in [7, 11) is -3.87. The molecule has 0 spiro atoms. The Balaban J connectivity index is 1.71. The third-order valence-electron chi connectivity index (χ3n) is 4.08. The predicted molar refractivity (Wildman–Crippen MR) is 88.2 cm³/mol. The maximum absolute atomic E-state index is 12.6. The van der Waals surface area contributed by atoms with Crippen LogP contribution in [0.5, 0.6) is 5.88 Å².